The van der Waals surface area contributed by atoms with Crippen LogP contribution in [0.5, 0.6) is 5.75 Å². The normalized spacial score (nSPS) is 15.4. The second-order valence-corrected chi connectivity index (χ2v) is 8.64. The van der Waals surface area contributed by atoms with Crippen molar-refractivity contribution in [3.8, 4) is 5.75 Å². The lowest BCUT2D eigenvalue weighted by Crippen LogP contribution is -2.12. The van der Waals surface area contributed by atoms with Crippen molar-refractivity contribution in [2.24, 2.45) is 5.10 Å². The van der Waals surface area contributed by atoms with Crippen molar-refractivity contribution in [3.63, 3.8) is 0 Å². The van der Waals surface area contributed by atoms with Gasteiger partial charge in [0.15, 0.2) is 0 Å². The molecule has 2 N–H and O–H groups in total. The first-order valence-electron chi connectivity index (χ1n) is 12.1. The monoisotopic (exact) mass is 466 g/mol. The van der Waals surface area contributed by atoms with E-state index in [1.165, 1.54) is 51.0 Å². The van der Waals surface area contributed by atoms with E-state index in [0.717, 1.165) is 31.4 Å². The third kappa shape index (κ3) is 7.86. The maximum Gasteiger partial charge on any atom is 0.294 e. The zero-order valence-corrected chi connectivity index (χ0v) is 19.8. The Labute approximate surface area is 200 Å². The number of nitrogens with zero attached hydrogens (tertiary/aromatic N) is 2. The SMILES string of the molecule is COc1ccc(NC(=O)c2ccc(NN=C3CCCCCCCCCCC3)c([N+](=O)[O-])c2)cc1. The molecule has 0 saturated heterocycles. The summed E-state index contributed by atoms with van der Waals surface area (Å²) >= 11 is 0. The van der Waals surface area contributed by atoms with Crippen molar-refractivity contribution in [2.45, 2.75) is 70.6 Å². The summed E-state index contributed by atoms with van der Waals surface area (Å²) in [6, 6.07) is 11.3. The first-order valence-corrected chi connectivity index (χ1v) is 12.1. The number of anilines is 2. The number of benzene rings is 2. The molecule has 0 radical (unpaired) electrons. The van der Waals surface area contributed by atoms with Gasteiger partial charge in [0.25, 0.3) is 11.6 Å². The van der Waals surface area contributed by atoms with E-state index in [1.807, 2.05) is 0 Å². The largest absolute Gasteiger partial charge is 0.497 e. The van der Waals surface area contributed by atoms with Gasteiger partial charge in [-0.15, -0.1) is 0 Å². The van der Waals surface area contributed by atoms with Crippen LogP contribution >= 0.6 is 0 Å². The molecule has 0 bridgehead atoms. The number of carbonyl (C=O) groups is 1. The van der Waals surface area contributed by atoms with E-state index < -0.39 is 10.8 Å². The van der Waals surface area contributed by atoms with Crippen LogP contribution in [0.2, 0.25) is 0 Å². The molecular formula is C26H34N4O4. The van der Waals surface area contributed by atoms with Gasteiger partial charge < -0.3 is 10.1 Å². The Morgan fingerprint density at radius 1 is 0.912 bits per heavy atom. The van der Waals surface area contributed by atoms with Crippen LogP contribution in [-0.2, 0) is 0 Å². The predicted octanol–water partition coefficient (Wildman–Crippen LogP) is 6.93. The highest BCUT2D eigenvalue weighted by molar-refractivity contribution is 6.05. The molecule has 3 rings (SSSR count). The van der Waals surface area contributed by atoms with Crippen molar-refractivity contribution in [1.29, 1.82) is 0 Å². The summed E-state index contributed by atoms with van der Waals surface area (Å²) in [7, 11) is 1.56. The summed E-state index contributed by atoms with van der Waals surface area (Å²) in [5.41, 5.74) is 4.83. The van der Waals surface area contributed by atoms with Crippen LogP contribution in [0.25, 0.3) is 0 Å². The van der Waals surface area contributed by atoms with Crippen molar-refractivity contribution in [2.75, 3.05) is 17.9 Å². The van der Waals surface area contributed by atoms with E-state index in [1.54, 1.807) is 43.5 Å². The minimum Gasteiger partial charge on any atom is -0.497 e. The van der Waals surface area contributed by atoms with Gasteiger partial charge in [0, 0.05) is 23.0 Å². The Morgan fingerprint density at radius 2 is 1.50 bits per heavy atom. The third-order valence-corrected chi connectivity index (χ3v) is 6.07. The standard InChI is InChI=1S/C26H34N4O4/c1-34-23-16-14-21(15-17-23)27-26(31)20-13-18-24(25(19-20)30(32)33)29-28-22-11-9-7-5-3-2-4-6-8-10-12-22/h13-19,29H,2-12H2,1H3,(H,27,31). The molecule has 34 heavy (non-hydrogen) atoms. The van der Waals surface area contributed by atoms with Crippen LogP contribution in [0.1, 0.15) is 81.0 Å². The molecule has 1 fully saturated rings. The molecule has 8 nitrogen and oxygen atoms in total. The Balaban J connectivity index is 1.69. The molecule has 0 unspecified atom stereocenters. The molecule has 1 aliphatic carbocycles. The summed E-state index contributed by atoms with van der Waals surface area (Å²) in [5, 5.41) is 19.0. The molecule has 2 aromatic rings. The predicted molar refractivity (Wildman–Crippen MR) is 136 cm³/mol. The number of carbonyl (C=O) groups excluding carboxylic acids is 1. The lowest BCUT2D eigenvalue weighted by molar-refractivity contribution is -0.384. The molecule has 0 heterocycles. The van der Waals surface area contributed by atoms with Gasteiger partial charge in [0.05, 0.1) is 12.0 Å². The Bertz CT molecular complexity index is 975. The van der Waals surface area contributed by atoms with Gasteiger partial charge in [-0.3, -0.25) is 20.3 Å². The first-order chi connectivity index (χ1) is 16.6. The molecule has 1 aliphatic rings. The summed E-state index contributed by atoms with van der Waals surface area (Å²) in [6.07, 6.45) is 12.8. The fraction of sp³-hybridized carbons (Fsp3) is 0.462. The van der Waals surface area contributed by atoms with Crippen molar-refractivity contribution in [1.82, 2.24) is 0 Å². The van der Waals surface area contributed by atoms with Crippen LogP contribution < -0.4 is 15.5 Å². The second-order valence-electron chi connectivity index (χ2n) is 8.64. The molecule has 0 aromatic heterocycles. The number of nitro benzene ring substituents is 1. The van der Waals surface area contributed by atoms with Gasteiger partial charge in [0.1, 0.15) is 11.4 Å². The lowest BCUT2D eigenvalue weighted by Gasteiger charge is -2.11. The maximum absolute atomic E-state index is 12.6. The Hall–Kier alpha value is -3.42. The van der Waals surface area contributed by atoms with Gasteiger partial charge in [-0.05, 0) is 62.1 Å². The first kappa shape index (κ1) is 25.2. The molecule has 0 atom stereocenters. The Kier molecular flexibility index (Phi) is 9.88. The number of hydrogen-bond acceptors (Lipinski definition) is 6. The minimum atomic E-state index is -0.492. The lowest BCUT2D eigenvalue weighted by atomic mass is 10.00. The van der Waals surface area contributed by atoms with Gasteiger partial charge in [-0.2, -0.15) is 5.10 Å². The average molecular weight is 467 g/mol. The number of ether oxygens (including phenoxy) is 1. The van der Waals surface area contributed by atoms with Crippen LogP contribution in [0.15, 0.2) is 47.6 Å². The molecule has 8 heteroatoms. The van der Waals surface area contributed by atoms with Crippen LogP contribution in [0, 0.1) is 10.1 Å². The molecule has 1 amide bonds. The van der Waals surface area contributed by atoms with E-state index in [2.05, 4.69) is 15.8 Å². The van der Waals surface area contributed by atoms with Crippen molar-refractivity contribution in [3.05, 3.63) is 58.1 Å². The fourth-order valence-corrected chi connectivity index (χ4v) is 4.07. The summed E-state index contributed by atoms with van der Waals surface area (Å²) in [6.45, 7) is 0. The fourth-order valence-electron chi connectivity index (χ4n) is 4.07. The molecule has 2 aromatic carbocycles. The summed E-state index contributed by atoms with van der Waals surface area (Å²) in [4.78, 5) is 23.8. The van der Waals surface area contributed by atoms with Gasteiger partial charge in [0.2, 0.25) is 0 Å². The van der Waals surface area contributed by atoms with Gasteiger partial charge in [-0.1, -0.05) is 44.9 Å². The number of methoxy groups -OCH3 is 1. The summed E-state index contributed by atoms with van der Waals surface area (Å²) < 4.78 is 5.11. The number of nitro groups is 1. The highest BCUT2D eigenvalue weighted by Gasteiger charge is 2.18. The quantitative estimate of drug-likeness (QED) is 0.355. The molecule has 182 valence electrons. The van der Waals surface area contributed by atoms with Gasteiger partial charge >= 0.3 is 0 Å². The van der Waals surface area contributed by atoms with E-state index in [4.69, 9.17) is 4.74 Å². The average Bonchev–Trinajstić information content (AvgIpc) is 2.84. The topological polar surface area (TPSA) is 106 Å². The second kappa shape index (κ2) is 13.3. The van der Waals surface area contributed by atoms with Crippen LogP contribution in [0.4, 0.5) is 17.1 Å². The van der Waals surface area contributed by atoms with E-state index >= 15 is 0 Å². The molecule has 1 saturated carbocycles. The van der Waals surface area contributed by atoms with Crippen molar-refractivity contribution >= 4 is 28.7 Å². The highest BCUT2D eigenvalue weighted by Crippen LogP contribution is 2.27. The molecule has 0 aliphatic heterocycles. The minimum absolute atomic E-state index is 0.181. The van der Waals surface area contributed by atoms with E-state index in [0.29, 0.717) is 11.4 Å². The highest BCUT2D eigenvalue weighted by atomic mass is 16.6. The zero-order chi connectivity index (χ0) is 24.2. The zero-order valence-electron chi connectivity index (χ0n) is 19.8. The third-order valence-electron chi connectivity index (χ3n) is 6.07. The molecular weight excluding hydrogens is 432 g/mol. The number of nitrogens with one attached hydrogen (secondary N) is 2. The number of hydrazone groups is 1. The van der Waals surface area contributed by atoms with Crippen LogP contribution in [0.3, 0.4) is 0 Å². The van der Waals surface area contributed by atoms with Crippen LogP contribution in [-0.4, -0.2) is 23.7 Å². The molecule has 0 spiro atoms. The number of rotatable bonds is 6. The van der Waals surface area contributed by atoms with Gasteiger partial charge in [-0.25, -0.2) is 0 Å². The Morgan fingerprint density at radius 3 is 2.06 bits per heavy atom. The summed E-state index contributed by atoms with van der Waals surface area (Å²) in [5.74, 6) is 0.248. The van der Waals surface area contributed by atoms with E-state index in [-0.39, 0.29) is 16.9 Å². The number of amides is 1. The smallest absolute Gasteiger partial charge is 0.294 e. The van der Waals surface area contributed by atoms with E-state index in [9.17, 15) is 14.9 Å². The maximum atomic E-state index is 12.6. The van der Waals surface area contributed by atoms with Crippen molar-refractivity contribution < 1.29 is 14.5 Å². The number of hydrogen-bond donors (Lipinski definition) is 2.